The van der Waals surface area contributed by atoms with Crippen LogP contribution < -0.4 is 0 Å². The van der Waals surface area contributed by atoms with Crippen molar-refractivity contribution < 1.29 is 5.11 Å². The first-order chi connectivity index (χ1) is 16.4. The predicted octanol–water partition coefficient (Wildman–Crippen LogP) is 8.56. The average molecular weight is 641 g/mol. The van der Waals surface area contributed by atoms with Crippen LogP contribution in [0.3, 0.4) is 0 Å². The summed E-state index contributed by atoms with van der Waals surface area (Å²) in [5.74, 6) is 0. The van der Waals surface area contributed by atoms with E-state index in [1.54, 1.807) is 0 Å². The molecule has 0 radical (unpaired) electrons. The Kier molecular flexibility index (Phi) is 5.60. The molecule has 6 rings (SSSR count). The Hall–Kier alpha value is -2.12. The summed E-state index contributed by atoms with van der Waals surface area (Å²) in [5.41, 5.74) is 5.76. The summed E-state index contributed by atoms with van der Waals surface area (Å²) in [7, 11) is 0. The molecular formula is C28H21Br3N2O. The van der Waals surface area contributed by atoms with Crippen molar-refractivity contribution in [3.8, 4) is 0 Å². The van der Waals surface area contributed by atoms with Gasteiger partial charge in [-0.05, 0) is 73.7 Å². The second kappa shape index (κ2) is 8.52. The first-order valence-corrected chi connectivity index (χ1v) is 13.5. The van der Waals surface area contributed by atoms with Gasteiger partial charge in [-0.2, -0.15) is 0 Å². The lowest BCUT2D eigenvalue weighted by Crippen LogP contribution is -2.22. The molecule has 0 aliphatic heterocycles. The van der Waals surface area contributed by atoms with Crippen LogP contribution in [0.5, 0.6) is 0 Å². The van der Waals surface area contributed by atoms with Gasteiger partial charge in [-0.15, -0.1) is 0 Å². The summed E-state index contributed by atoms with van der Waals surface area (Å²) >= 11 is 10.9. The fourth-order valence-corrected chi connectivity index (χ4v) is 6.19. The van der Waals surface area contributed by atoms with Gasteiger partial charge in [0.25, 0.3) is 0 Å². The molecule has 6 aromatic rings. The number of halogens is 3. The number of fused-ring (bicyclic) bond motifs is 6. The zero-order valence-corrected chi connectivity index (χ0v) is 23.2. The highest BCUT2D eigenvalue weighted by molar-refractivity contribution is 9.11. The molecule has 6 heteroatoms. The van der Waals surface area contributed by atoms with Crippen molar-refractivity contribution >= 4 is 91.4 Å². The van der Waals surface area contributed by atoms with Gasteiger partial charge in [0.2, 0.25) is 0 Å². The number of nitrogens with zero attached hydrogens (tertiary/aromatic N) is 2. The molecule has 1 unspecified atom stereocenters. The van der Waals surface area contributed by atoms with Gasteiger partial charge in [-0.1, -0.05) is 59.4 Å². The Morgan fingerprint density at radius 2 is 0.941 bits per heavy atom. The lowest BCUT2D eigenvalue weighted by molar-refractivity contribution is 0.140. The monoisotopic (exact) mass is 638 g/mol. The lowest BCUT2D eigenvalue weighted by Gasteiger charge is -2.17. The number of aryl methyl sites for hydroxylation is 1. The third kappa shape index (κ3) is 3.72. The minimum atomic E-state index is -0.560. The van der Waals surface area contributed by atoms with Crippen LogP contribution in [0.2, 0.25) is 0 Å². The van der Waals surface area contributed by atoms with Crippen LogP contribution in [-0.4, -0.2) is 20.3 Å². The Bertz CT molecular complexity index is 1480. The molecule has 4 aromatic carbocycles. The molecule has 34 heavy (non-hydrogen) atoms. The van der Waals surface area contributed by atoms with E-state index < -0.39 is 6.10 Å². The Morgan fingerprint density at radius 1 is 0.588 bits per heavy atom. The van der Waals surface area contributed by atoms with E-state index in [9.17, 15) is 5.11 Å². The van der Waals surface area contributed by atoms with Crippen LogP contribution in [0.1, 0.15) is 5.56 Å². The van der Waals surface area contributed by atoms with Gasteiger partial charge >= 0.3 is 0 Å². The van der Waals surface area contributed by atoms with Gasteiger partial charge in [-0.25, -0.2) is 0 Å². The van der Waals surface area contributed by atoms with E-state index in [2.05, 4.69) is 137 Å². The summed E-state index contributed by atoms with van der Waals surface area (Å²) < 4.78 is 7.65. The van der Waals surface area contributed by atoms with Crippen molar-refractivity contribution in [2.45, 2.75) is 26.1 Å². The Morgan fingerprint density at radius 3 is 1.35 bits per heavy atom. The van der Waals surface area contributed by atoms with E-state index in [4.69, 9.17) is 0 Å². The maximum atomic E-state index is 11.4. The summed E-state index contributed by atoms with van der Waals surface area (Å²) in [6.07, 6.45) is -0.560. The first kappa shape index (κ1) is 22.4. The predicted molar refractivity (Wildman–Crippen MR) is 153 cm³/mol. The largest absolute Gasteiger partial charge is 0.389 e. The molecule has 170 valence electrons. The summed E-state index contributed by atoms with van der Waals surface area (Å²) in [6, 6.07) is 25.6. The van der Waals surface area contributed by atoms with Gasteiger partial charge < -0.3 is 14.2 Å². The van der Waals surface area contributed by atoms with Gasteiger partial charge in [0.15, 0.2) is 0 Å². The van der Waals surface area contributed by atoms with Crippen molar-refractivity contribution in [2.24, 2.45) is 0 Å². The van der Waals surface area contributed by atoms with Gasteiger partial charge in [0.1, 0.15) is 0 Å². The van der Waals surface area contributed by atoms with Crippen molar-refractivity contribution in [1.82, 2.24) is 9.13 Å². The van der Waals surface area contributed by atoms with E-state index in [0.29, 0.717) is 13.1 Å². The van der Waals surface area contributed by atoms with Crippen molar-refractivity contribution in [2.75, 3.05) is 0 Å². The van der Waals surface area contributed by atoms with E-state index in [1.165, 1.54) is 27.1 Å². The number of hydrogen-bond acceptors (Lipinski definition) is 1. The summed E-state index contributed by atoms with van der Waals surface area (Å²) in [5, 5.41) is 16.1. The molecule has 0 amide bonds. The van der Waals surface area contributed by atoms with E-state index in [0.717, 1.165) is 35.5 Å². The minimum Gasteiger partial charge on any atom is -0.389 e. The zero-order valence-electron chi connectivity index (χ0n) is 18.4. The fourth-order valence-electron chi connectivity index (χ4n) is 5.11. The normalized spacial score (nSPS) is 13.0. The number of rotatable bonds is 4. The average Bonchev–Trinajstić information content (AvgIpc) is 3.25. The fraction of sp³-hybridized carbons (Fsp3) is 0.143. The van der Waals surface area contributed by atoms with Crippen molar-refractivity contribution in [1.29, 1.82) is 0 Å². The molecular weight excluding hydrogens is 620 g/mol. The zero-order chi connectivity index (χ0) is 23.6. The van der Waals surface area contributed by atoms with E-state index >= 15 is 0 Å². The van der Waals surface area contributed by atoms with E-state index in [1.807, 2.05) is 0 Å². The molecule has 2 heterocycles. The second-order valence-corrected chi connectivity index (χ2v) is 11.6. The number of aliphatic hydroxyl groups is 1. The molecule has 3 nitrogen and oxygen atoms in total. The molecule has 0 spiro atoms. The molecule has 0 saturated heterocycles. The highest BCUT2D eigenvalue weighted by Gasteiger charge is 2.18. The lowest BCUT2D eigenvalue weighted by atomic mass is 10.1. The molecule has 0 saturated carbocycles. The number of hydrogen-bond donors (Lipinski definition) is 1. The summed E-state index contributed by atoms with van der Waals surface area (Å²) in [4.78, 5) is 0. The van der Waals surface area contributed by atoms with Crippen LogP contribution in [-0.2, 0) is 13.1 Å². The van der Waals surface area contributed by atoms with E-state index in [-0.39, 0.29) is 0 Å². The number of benzene rings is 4. The van der Waals surface area contributed by atoms with Crippen LogP contribution in [0.4, 0.5) is 0 Å². The SMILES string of the molecule is Cc1ccc2c(c1)c1cc(Br)ccc1n2CC(O)Cn1c2ccc(Br)cc2c2cc(Br)ccc21. The van der Waals surface area contributed by atoms with Crippen LogP contribution in [0, 0.1) is 6.92 Å². The molecule has 0 aliphatic rings. The first-order valence-electron chi connectivity index (χ1n) is 11.1. The Balaban J connectivity index is 1.45. The van der Waals surface area contributed by atoms with Crippen LogP contribution >= 0.6 is 47.8 Å². The number of aliphatic hydroxyl groups excluding tert-OH is 1. The molecule has 0 bridgehead atoms. The molecule has 0 aliphatic carbocycles. The standard InChI is InChI=1S/C28H21Br3N2O/c1-16-2-6-25-21(10-16)22-11-17(29)3-7-26(22)32(25)14-20(34)15-33-27-8-4-18(30)12-23(27)24-13-19(31)5-9-28(24)33/h2-13,20,34H,14-15H2,1H3. The molecule has 1 atom stereocenters. The van der Waals surface area contributed by atoms with Crippen molar-refractivity contribution in [3.63, 3.8) is 0 Å². The highest BCUT2D eigenvalue weighted by Crippen LogP contribution is 2.35. The maximum Gasteiger partial charge on any atom is 0.0898 e. The minimum absolute atomic E-state index is 0.507. The third-order valence-corrected chi connectivity index (χ3v) is 8.04. The Labute approximate surface area is 222 Å². The van der Waals surface area contributed by atoms with Crippen LogP contribution in [0.15, 0.2) is 86.2 Å². The molecule has 1 N–H and O–H groups in total. The topological polar surface area (TPSA) is 30.1 Å². The van der Waals surface area contributed by atoms with Crippen LogP contribution in [0.25, 0.3) is 43.6 Å². The van der Waals surface area contributed by atoms with Gasteiger partial charge in [0, 0.05) is 57.0 Å². The third-order valence-electron chi connectivity index (χ3n) is 6.56. The molecule has 0 fully saturated rings. The maximum absolute atomic E-state index is 11.4. The highest BCUT2D eigenvalue weighted by atomic mass is 79.9. The van der Waals surface area contributed by atoms with Crippen molar-refractivity contribution in [3.05, 3.63) is 91.8 Å². The quantitative estimate of drug-likeness (QED) is 0.206. The van der Waals surface area contributed by atoms with Gasteiger partial charge in [-0.3, -0.25) is 0 Å². The molecule has 2 aromatic heterocycles. The smallest absolute Gasteiger partial charge is 0.0898 e. The summed E-state index contributed by atoms with van der Waals surface area (Å²) in [6.45, 7) is 3.14. The van der Waals surface area contributed by atoms with Gasteiger partial charge in [0.05, 0.1) is 19.2 Å². The second-order valence-electron chi connectivity index (χ2n) is 8.88. The number of aromatic nitrogens is 2.